The van der Waals surface area contributed by atoms with Crippen molar-refractivity contribution < 1.29 is 19.4 Å². The molecule has 82 valence electrons. The molecule has 1 aromatic heterocycles. The molecule has 0 saturated carbocycles. The highest BCUT2D eigenvalue weighted by Crippen LogP contribution is 2.41. The number of azo groups is 1. The molecule has 0 saturated heterocycles. The Labute approximate surface area is 89.8 Å². The van der Waals surface area contributed by atoms with Gasteiger partial charge in [-0.25, -0.2) is 0 Å². The van der Waals surface area contributed by atoms with Gasteiger partial charge < -0.3 is 14.6 Å². The van der Waals surface area contributed by atoms with E-state index in [0.717, 1.165) is 0 Å². The van der Waals surface area contributed by atoms with E-state index >= 15 is 0 Å². The van der Waals surface area contributed by atoms with Gasteiger partial charge in [-0.3, -0.25) is 4.79 Å². The summed E-state index contributed by atoms with van der Waals surface area (Å²) in [5.74, 6) is -1.30. The van der Waals surface area contributed by atoms with Gasteiger partial charge in [-0.05, 0) is 12.1 Å². The normalized spacial score (nSPS) is 11.3. The van der Waals surface area contributed by atoms with Gasteiger partial charge in [-0.2, -0.15) is 0 Å². The van der Waals surface area contributed by atoms with Crippen LogP contribution in [-0.4, -0.2) is 16.1 Å². The van der Waals surface area contributed by atoms with E-state index in [4.69, 9.17) is 0 Å². The summed E-state index contributed by atoms with van der Waals surface area (Å²) in [5.41, 5.74) is 0.259. The maximum atomic E-state index is 10.6. The van der Waals surface area contributed by atoms with E-state index < -0.39 is 17.8 Å². The van der Waals surface area contributed by atoms with Gasteiger partial charge in [0, 0.05) is 6.92 Å². The van der Waals surface area contributed by atoms with E-state index in [0.29, 0.717) is 5.39 Å². The Hall–Kier alpha value is -2.37. The Morgan fingerprint density at radius 1 is 1.31 bits per heavy atom. The molecule has 0 bridgehead atoms. The topological polar surface area (TPSA) is 95.4 Å². The molecule has 16 heavy (non-hydrogen) atoms. The molecule has 6 heteroatoms. The van der Waals surface area contributed by atoms with Crippen molar-refractivity contribution >= 4 is 22.4 Å². The molecule has 6 nitrogen and oxygen atoms in total. The summed E-state index contributed by atoms with van der Waals surface area (Å²) in [6, 6.07) is 4.70. The van der Waals surface area contributed by atoms with Crippen molar-refractivity contribution in [2.75, 3.05) is 0 Å². The highest BCUT2D eigenvalue weighted by Gasteiger charge is 2.15. The molecule has 0 radical (unpaired) electrons. The maximum Gasteiger partial charge on any atom is 0.295 e. The molecule has 0 aliphatic rings. The van der Waals surface area contributed by atoms with Gasteiger partial charge in [0.15, 0.2) is 0 Å². The fraction of sp³-hybridized carbons (Fsp3) is 0.100. The zero-order valence-electron chi connectivity index (χ0n) is 8.34. The molecule has 2 N–H and O–H groups in total. The third-order valence-electron chi connectivity index (χ3n) is 1.98. The van der Waals surface area contributed by atoms with Crippen LogP contribution in [0.5, 0.6) is 11.9 Å². The third kappa shape index (κ3) is 1.60. The van der Waals surface area contributed by atoms with Crippen LogP contribution in [0.1, 0.15) is 6.92 Å². The Bertz CT molecular complexity index is 586. The van der Waals surface area contributed by atoms with Crippen LogP contribution < -0.4 is 0 Å². The van der Waals surface area contributed by atoms with Gasteiger partial charge in [0.1, 0.15) is 5.69 Å². The number of carbonyl (C=O) groups excluding carboxylic acids is 1. The predicted octanol–water partition coefficient (Wildman–Crippen LogP) is 2.47. The first kappa shape index (κ1) is 10.2. The molecular formula is C10H8N2O4. The van der Waals surface area contributed by atoms with Crippen LogP contribution in [0, 0.1) is 0 Å². The second-order valence-electron chi connectivity index (χ2n) is 3.13. The SMILES string of the molecule is CC(=O)N=Nc1cccc2c(O)oc(O)c12. The van der Waals surface area contributed by atoms with Gasteiger partial charge in [0.25, 0.3) is 17.8 Å². The number of nitrogens with zero attached hydrogens (tertiary/aromatic N) is 2. The minimum absolute atomic E-state index is 0.227. The molecule has 1 amide bonds. The van der Waals surface area contributed by atoms with E-state index in [9.17, 15) is 15.0 Å². The molecule has 1 heterocycles. The van der Waals surface area contributed by atoms with E-state index in [1.807, 2.05) is 0 Å². The smallest absolute Gasteiger partial charge is 0.295 e. The van der Waals surface area contributed by atoms with Crippen LogP contribution in [0.15, 0.2) is 32.8 Å². The first-order valence-electron chi connectivity index (χ1n) is 4.45. The lowest BCUT2D eigenvalue weighted by Crippen LogP contribution is -1.78. The van der Waals surface area contributed by atoms with Crippen LogP contribution in [0.4, 0.5) is 5.69 Å². The number of hydrogen-bond acceptors (Lipinski definition) is 5. The molecule has 2 rings (SSSR count). The molecule has 0 spiro atoms. The maximum absolute atomic E-state index is 10.6. The van der Waals surface area contributed by atoms with E-state index in [1.165, 1.54) is 6.92 Å². The van der Waals surface area contributed by atoms with Crippen molar-refractivity contribution in [2.45, 2.75) is 6.92 Å². The standard InChI is InChI=1S/C10H8N2O4/c1-5(13)11-12-7-4-2-3-6-8(7)10(15)16-9(6)14/h2-4,14-15H,1H3. The van der Waals surface area contributed by atoms with Gasteiger partial charge in [0.2, 0.25) is 0 Å². The quantitative estimate of drug-likeness (QED) is 0.721. The molecule has 0 fully saturated rings. The summed E-state index contributed by atoms with van der Waals surface area (Å²) >= 11 is 0. The van der Waals surface area contributed by atoms with Gasteiger partial charge in [-0.1, -0.05) is 6.07 Å². The molecule has 0 unspecified atom stereocenters. The second-order valence-corrected chi connectivity index (χ2v) is 3.13. The van der Waals surface area contributed by atoms with Crippen molar-refractivity contribution in [3.63, 3.8) is 0 Å². The number of rotatable bonds is 1. The summed E-state index contributed by atoms with van der Waals surface area (Å²) in [4.78, 5) is 10.6. The van der Waals surface area contributed by atoms with Crippen LogP contribution in [0.2, 0.25) is 0 Å². The minimum Gasteiger partial charge on any atom is -0.480 e. The largest absolute Gasteiger partial charge is 0.480 e. The van der Waals surface area contributed by atoms with E-state index in [-0.39, 0.29) is 11.1 Å². The number of furan rings is 1. The third-order valence-corrected chi connectivity index (χ3v) is 1.98. The Morgan fingerprint density at radius 2 is 2.06 bits per heavy atom. The van der Waals surface area contributed by atoms with Crippen molar-refractivity contribution in [3.05, 3.63) is 18.2 Å². The second kappa shape index (κ2) is 3.65. The highest BCUT2D eigenvalue weighted by atomic mass is 16.5. The zero-order chi connectivity index (χ0) is 11.7. The highest BCUT2D eigenvalue weighted by molar-refractivity contribution is 5.99. The summed E-state index contributed by atoms with van der Waals surface area (Å²) < 4.78 is 4.64. The van der Waals surface area contributed by atoms with Gasteiger partial charge in [-0.15, -0.1) is 10.2 Å². The van der Waals surface area contributed by atoms with Crippen molar-refractivity contribution in [1.29, 1.82) is 0 Å². The van der Waals surface area contributed by atoms with Crippen LogP contribution in [0.25, 0.3) is 10.8 Å². The molecule has 0 aliphatic heterocycles. The zero-order valence-corrected chi connectivity index (χ0v) is 8.34. The number of benzene rings is 1. The van der Waals surface area contributed by atoms with Crippen molar-refractivity contribution in [3.8, 4) is 11.9 Å². The first-order chi connectivity index (χ1) is 7.59. The molecule has 0 atom stereocenters. The lowest BCUT2D eigenvalue weighted by molar-refractivity contribution is -0.116. The monoisotopic (exact) mass is 220 g/mol. The van der Waals surface area contributed by atoms with Crippen LogP contribution >= 0.6 is 0 Å². The molecule has 1 aromatic carbocycles. The lowest BCUT2D eigenvalue weighted by atomic mass is 10.2. The first-order valence-corrected chi connectivity index (χ1v) is 4.45. The number of aromatic hydroxyl groups is 2. The summed E-state index contributed by atoms with van der Waals surface area (Å²) in [5, 5.41) is 26.3. The van der Waals surface area contributed by atoms with Gasteiger partial charge >= 0.3 is 0 Å². The van der Waals surface area contributed by atoms with Crippen molar-refractivity contribution in [1.82, 2.24) is 0 Å². The summed E-state index contributed by atoms with van der Waals surface area (Å²) in [7, 11) is 0. The summed E-state index contributed by atoms with van der Waals surface area (Å²) in [6.07, 6.45) is 0. The number of hydrogen-bond donors (Lipinski definition) is 2. The minimum atomic E-state index is -0.454. The number of amides is 1. The molecular weight excluding hydrogens is 212 g/mol. The number of carbonyl (C=O) groups is 1. The van der Waals surface area contributed by atoms with Crippen LogP contribution in [-0.2, 0) is 4.79 Å². The van der Waals surface area contributed by atoms with E-state index in [2.05, 4.69) is 14.6 Å². The molecule has 2 aromatic rings. The fourth-order valence-electron chi connectivity index (χ4n) is 1.35. The predicted molar refractivity (Wildman–Crippen MR) is 54.7 cm³/mol. The Morgan fingerprint density at radius 3 is 2.75 bits per heavy atom. The average molecular weight is 220 g/mol. The Kier molecular flexibility index (Phi) is 2.32. The van der Waals surface area contributed by atoms with E-state index in [1.54, 1.807) is 18.2 Å². The van der Waals surface area contributed by atoms with Crippen LogP contribution in [0.3, 0.4) is 0 Å². The van der Waals surface area contributed by atoms with Crippen molar-refractivity contribution in [2.24, 2.45) is 10.2 Å². The number of fused-ring (bicyclic) bond motifs is 1. The summed E-state index contributed by atoms with van der Waals surface area (Å²) in [6.45, 7) is 1.26. The molecule has 0 aliphatic carbocycles. The fourth-order valence-corrected chi connectivity index (χ4v) is 1.35. The Balaban J connectivity index is 2.66. The van der Waals surface area contributed by atoms with Gasteiger partial charge in [0.05, 0.1) is 10.8 Å². The average Bonchev–Trinajstić information content (AvgIpc) is 2.52. The lowest BCUT2D eigenvalue weighted by Gasteiger charge is -1.93.